The Kier molecular flexibility index (Phi) is 7.29. The number of methoxy groups -OCH3 is 3. The maximum atomic E-state index is 12.5. The number of hydrogen-bond acceptors (Lipinski definition) is 7. The van der Waals surface area contributed by atoms with Gasteiger partial charge in [0.25, 0.3) is 5.91 Å². The molecule has 2 aromatic carbocycles. The van der Waals surface area contributed by atoms with E-state index in [4.69, 9.17) is 18.6 Å². The van der Waals surface area contributed by atoms with Crippen LogP contribution in [-0.2, 0) is 19.5 Å². The summed E-state index contributed by atoms with van der Waals surface area (Å²) >= 11 is 0. The maximum Gasteiger partial charge on any atom is 0.287 e. The lowest BCUT2D eigenvalue weighted by atomic mass is 9.98. The summed E-state index contributed by atoms with van der Waals surface area (Å²) in [5.74, 6) is 2.21. The molecule has 3 aromatic rings. The van der Waals surface area contributed by atoms with Crippen LogP contribution >= 0.6 is 0 Å². The molecule has 8 heteroatoms. The third kappa shape index (κ3) is 5.13. The Labute approximate surface area is 200 Å². The molecule has 2 heterocycles. The molecule has 0 unspecified atom stereocenters. The minimum atomic E-state index is -0.223. The predicted molar refractivity (Wildman–Crippen MR) is 131 cm³/mol. The summed E-state index contributed by atoms with van der Waals surface area (Å²) in [6, 6.07) is 10.00. The number of benzene rings is 2. The molecule has 0 saturated carbocycles. The molecule has 0 bridgehead atoms. The van der Waals surface area contributed by atoms with E-state index in [1.54, 1.807) is 27.4 Å². The number of carbonyl (C=O) groups excluding carboxylic acids is 1. The first-order chi connectivity index (χ1) is 16.4. The third-order valence-corrected chi connectivity index (χ3v) is 6.13. The summed E-state index contributed by atoms with van der Waals surface area (Å²) in [5.41, 5.74) is 4.23. The zero-order valence-corrected chi connectivity index (χ0v) is 20.6. The van der Waals surface area contributed by atoms with Crippen molar-refractivity contribution in [3.63, 3.8) is 0 Å². The lowest BCUT2D eigenvalue weighted by Crippen LogP contribution is -2.31. The molecule has 8 nitrogen and oxygen atoms in total. The Hall–Kier alpha value is -3.23. The van der Waals surface area contributed by atoms with E-state index in [1.807, 2.05) is 25.1 Å². The number of amides is 1. The lowest BCUT2D eigenvalue weighted by Gasteiger charge is -2.29. The van der Waals surface area contributed by atoms with Gasteiger partial charge in [0.1, 0.15) is 0 Å². The van der Waals surface area contributed by atoms with Crippen molar-refractivity contribution in [2.75, 3.05) is 55.1 Å². The van der Waals surface area contributed by atoms with Crippen LogP contribution in [0.5, 0.6) is 17.2 Å². The number of nitrogens with zero attached hydrogens (tertiary/aromatic N) is 2. The Bertz CT molecular complexity index is 1170. The molecule has 1 N–H and O–H groups in total. The molecular formula is C26H33N3O5. The second-order valence-corrected chi connectivity index (χ2v) is 8.82. The molecule has 0 radical (unpaired) electrons. The van der Waals surface area contributed by atoms with E-state index >= 15 is 0 Å². The number of ether oxygens (including phenoxy) is 3. The van der Waals surface area contributed by atoms with Gasteiger partial charge in [0.2, 0.25) is 0 Å². The molecule has 34 heavy (non-hydrogen) atoms. The summed E-state index contributed by atoms with van der Waals surface area (Å²) in [5, 5.41) is 3.75. The van der Waals surface area contributed by atoms with E-state index in [-0.39, 0.29) is 11.7 Å². The number of rotatable bonds is 9. The average Bonchev–Trinajstić information content (AvgIpc) is 3.26. The zero-order valence-electron chi connectivity index (χ0n) is 20.6. The van der Waals surface area contributed by atoms with Gasteiger partial charge in [-0.15, -0.1) is 0 Å². The van der Waals surface area contributed by atoms with Gasteiger partial charge in [0.15, 0.2) is 28.6 Å². The van der Waals surface area contributed by atoms with E-state index in [0.29, 0.717) is 17.9 Å². The molecule has 4 rings (SSSR count). The van der Waals surface area contributed by atoms with Gasteiger partial charge in [-0.3, -0.25) is 9.69 Å². The van der Waals surface area contributed by atoms with Gasteiger partial charge in [-0.1, -0.05) is 0 Å². The Balaban J connectivity index is 1.52. The highest BCUT2D eigenvalue weighted by molar-refractivity contribution is 5.97. The van der Waals surface area contributed by atoms with Crippen molar-refractivity contribution in [1.29, 1.82) is 0 Å². The van der Waals surface area contributed by atoms with E-state index in [9.17, 15) is 4.79 Å². The first-order valence-corrected chi connectivity index (χ1v) is 11.4. The number of carbonyl (C=O) groups is 1. The predicted octanol–water partition coefficient (Wildman–Crippen LogP) is 3.31. The molecule has 0 atom stereocenters. The molecule has 0 fully saturated rings. The van der Waals surface area contributed by atoms with Crippen molar-refractivity contribution in [3.05, 3.63) is 52.8 Å². The van der Waals surface area contributed by atoms with Gasteiger partial charge >= 0.3 is 0 Å². The molecule has 1 amide bonds. The molecule has 1 aliphatic rings. The van der Waals surface area contributed by atoms with Gasteiger partial charge in [0.05, 0.1) is 21.3 Å². The Morgan fingerprint density at radius 1 is 1.00 bits per heavy atom. The molecule has 0 saturated heterocycles. The van der Waals surface area contributed by atoms with Crippen LogP contribution in [0.3, 0.4) is 0 Å². The zero-order chi connectivity index (χ0) is 24.2. The first kappa shape index (κ1) is 23.9. The summed E-state index contributed by atoms with van der Waals surface area (Å²) < 4.78 is 22.4. The van der Waals surface area contributed by atoms with Gasteiger partial charge in [-0.2, -0.15) is 0 Å². The fraction of sp³-hybridized carbons (Fsp3) is 0.423. The second-order valence-electron chi connectivity index (χ2n) is 8.82. The van der Waals surface area contributed by atoms with Crippen molar-refractivity contribution >= 4 is 16.9 Å². The minimum absolute atomic E-state index is 0.223. The normalized spacial score (nSPS) is 13.7. The number of furan rings is 1. The van der Waals surface area contributed by atoms with Gasteiger partial charge in [-0.05, 0) is 67.5 Å². The van der Waals surface area contributed by atoms with Crippen LogP contribution in [0, 0.1) is 0 Å². The van der Waals surface area contributed by atoms with Crippen LogP contribution in [-0.4, -0.2) is 70.8 Å². The molecule has 0 spiro atoms. The SMILES string of the molecule is COc1cc2c(cc1OC)CN(Cc1cc(OC)c3oc(C(=O)NCCN(C)C)cc3c1)CC2. The van der Waals surface area contributed by atoms with E-state index < -0.39 is 0 Å². The number of hydrogen-bond donors (Lipinski definition) is 1. The fourth-order valence-corrected chi connectivity index (χ4v) is 4.35. The largest absolute Gasteiger partial charge is 0.493 e. The number of nitrogens with one attached hydrogen (secondary N) is 1. The maximum absolute atomic E-state index is 12.5. The first-order valence-electron chi connectivity index (χ1n) is 11.4. The van der Waals surface area contributed by atoms with Crippen LogP contribution in [0.1, 0.15) is 27.2 Å². The highest BCUT2D eigenvalue weighted by atomic mass is 16.5. The van der Waals surface area contributed by atoms with Crippen molar-refractivity contribution < 1.29 is 23.4 Å². The molecular weight excluding hydrogens is 434 g/mol. The highest BCUT2D eigenvalue weighted by Crippen LogP contribution is 2.35. The highest BCUT2D eigenvalue weighted by Gasteiger charge is 2.21. The molecule has 0 aliphatic carbocycles. The van der Waals surface area contributed by atoms with Crippen LogP contribution < -0.4 is 19.5 Å². The number of fused-ring (bicyclic) bond motifs is 2. The van der Waals surface area contributed by atoms with Gasteiger partial charge < -0.3 is 28.8 Å². The van der Waals surface area contributed by atoms with Crippen LogP contribution in [0.25, 0.3) is 11.0 Å². The lowest BCUT2D eigenvalue weighted by molar-refractivity contribution is 0.0925. The van der Waals surface area contributed by atoms with Crippen LogP contribution in [0.15, 0.2) is 34.7 Å². The van der Waals surface area contributed by atoms with E-state index in [0.717, 1.165) is 55.0 Å². The minimum Gasteiger partial charge on any atom is -0.493 e. The summed E-state index contributed by atoms with van der Waals surface area (Å²) in [4.78, 5) is 16.9. The summed E-state index contributed by atoms with van der Waals surface area (Å²) in [6.45, 7) is 3.83. The van der Waals surface area contributed by atoms with Crippen LogP contribution in [0.2, 0.25) is 0 Å². The topological polar surface area (TPSA) is 76.4 Å². The van der Waals surface area contributed by atoms with Crippen LogP contribution in [0.4, 0.5) is 0 Å². The second kappa shape index (κ2) is 10.4. The van der Waals surface area contributed by atoms with E-state index in [1.165, 1.54) is 11.1 Å². The quantitative estimate of drug-likeness (QED) is 0.517. The molecule has 1 aromatic heterocycles. The van der Waals surface area contributed by atoms with Crippen molar-refractivity contribution in [2.24, 2.45) is 0 Å². The summed E-state index contributed by atoms with van der Waals surface area (Å²) in [6.07, 6.45) is 0.943. The average molecular weight is 468 g/mol. The number of likely N-dealkylation sites (N-methyl/N-ethyl adjacent to an activating group) is 1. The fourth-order valence-electron chi connectivity index (χ4n) is 4.35. The molecule has 1 aliphatic heterocycles. The Morgan fingerprint density at radius 3 is 2.38 bits per heavy atom. The van der Waals surface area contributed by atoms with Crippen molar-refractivity contribution in [2.45, 2.75) is 19.5 Å². The third-order valence-electron chi connectivity index (χ3n) is 6.13. The van der Waals surface area contributed by atoms with Gasteiger partial charge in [0, 0.05) is 38.1 Å². The standard InChI is InChI=1S/C26H33N3O5/c1-28(2)9-7-27-26(30)24-13-19-10-17(11-23(33-5)25(19)34-24)15-29-8-6-18-12-21(31-3)22(32-4)14-20(18)16-29/h10-14H,6-9,15-16H2,1-5H3,(H,27,30). The monoisotopic (exact) mass is 467 g/mol. The molecule has 182 valence electrons. The van der Waals surface area contributed by atoms with E-state index in [2.05, 4.69) is 28.4 Å². The van der Waals surface area contributed by atoms with Crippen molar-refractivity contribution in [3.8, 4) is 17.2 Å². The summed E-state index contributed by atoms with van der Waals surface area (Å²) in [7, 11) is 8.88. The van der Waals surface area contributed by atoms with Crippen molar-refractivity contribution in [1.82, 2.24) is 15.1 Å². The van der Waals surface area contributed by atoms with Gasteiger partial charge in [-0.25, -0.2) is 0 Å². The smallest absolute Gasteiger partial charge is 0.287 e. The Morgan fingerprint density at radius 2 is 1.71 bits per heavy atom.